The van der Waals surface area contributed by atoms with Crippen LogP contribution in [0.15, 0.2) is 35.6 Å². The molecule has 2 heterocycles. The van der Waals surface area contributed by atoms with Crippen LogP contribution < -0.4 is 15.8 Å². The summed E-state index contributed by atoms with van der Waals surface area (Å²) >= 11 is 0. The molecule has 146 valence electrons. The van der Waals surface area contributed by atoms with Crippen molar-refractivity contribution in [3.05, 3.63) is 47.7 Å². The van der Waals surface area contributed by atoms with E-state index in [4.69, 9.17) is 15.2 Å². The fraction of sp³-hybridized carbons (Fsp3) is 0.368. The Balaban J connectivity index is 1.43. The zero-order chi connectivity index (χ0) is 19.5. The second-order valence-corrected chi connectivity index (χ2v) is 6.80. The van der Waals surface area contributed by atoms with Crippen LogP contribution in [-0.2, 0) is 4.74 Å². The maximum absolute atomic E-state index is 14.2. The van der Waals surface area contributed by atoms with Crippen LogP contribution in [-0.4, -0.2) is 35.1 Å². The lowest BCUT2D eigenvalue weighted by molar-refractivity contribution is 0.102. The van der Waals surface area contributed by atoms with E-state index in [2.05, 4.69) is 20.3 Å². The Morgan fingerprint density at radius 2 is 2.14 bits per heavy atom. The number of aromatic nitrogens is 2. The van der Waals surface area contributed by atoms with Crippen LogP contribution in [0.3, 0.4) is 0 Å². The number of aliphatic imine (C=N–C) groups is 1. The molecule has 1 aliphatic heterocycles. The van der Waals surface area contributed by atoms with E-state index >= 15 is 0 Å². The van der Waals surface area contributed by atoms with Gasteiger partial charge in [0.05, 0.1) is 31.6 Å². The standard InChI is InChI=1S/C19H20FN5O3/c20-14-4-3-12(7-13(14)15-5-6-27-19(21)25-15)24-18(26)16-8-23-17(9-22-16)28-10-11-1-2-11/h3-4,7-9,11,15H,1-2,5-6,10H2,(H2,21,25)(H,24,26). The Morgan fingerprint density at radius 3 is 2.86 bits per heavy atom. The van der Waals surface area contributed by atoms with Crippen molar-refractivity contribution in [1.29, 1.82) is 0 Å². The molecule has 0 spiro atoms. The van der Waals surface area contributed by atoms with E-state index in [1.54, 1.807) is 6.07 Å². The van der Waals surface area contributed by atoms with Crippen LogP contribution in [0.25, 0.3) is 0 Å². The van der Waals surface area contributed by atoms with Gasteiger partial charge in [0.2, 0.25) is 5.88 Å². The second kappa shape index (κ2) is 7.79. The summed E-state index contributed by atoms with van der Waals surface area (Å²) in [7, 11) is 0. The summed E-state index contributed by atoms with van der Waals surface area (Å²) in [5.74, 6) is 0.127. The van der Waals surface area contributed by atoms with E-state index in [9.17, 15) is 9.18 Å². The smallest absolute Gasteiger partial charge is 0.282 e. The van der Waals surface area contributed by atoms with E-state index in [0.717, 1.165) is 0 Å². The molecule has 1 fully saturated rings. The van der Waals surface area contributed by atoms with E-state index < -0.39 is 17.8 Å². The summed E-state index contributed by atoms with van der Waals surface area (Å²) in [5, 5.41) is 2.70. The Bertz CT molecular complexity index is 899. The largest absolute Gasteiger partial charge is 0.476 e. The van der Waals surface area contributed by atoms with Gasteiger partial charge >= 0.3 is 0 Å². The molecule has 2 aliphatic rings. The van der Waals surface area contributed by atoms with Crippen LogP contribution in [0.5, 0.6) is 5.88 Å². The van der Waals surface area contributed by atoms with Gasteiger partial charge in [0.15, 0.2) is 0 Å². The van der Waals surface area contributed by atoms with Crippen molar-refractivity contribution in [2.24, 2.45) is 16.6 Å². The number of hydrogen-bond acceptors (Lipinski definition) is 7. The van der Waals surface area contributed by atoms with Crippen LogP contribution >= 0.6 is 0 Å². The van der Waals surface area contributed by atoms with Gasteiger partial charge in [-0.1, -0.05) is 0 Å². The fourth-order valence-corrected chi connectivity index (χ4v) is 2.82. The highest BCUT2D eigenvalue weighted by Gasteiger charge is 2.23. The average molecular weight is 385 g/mol. The Hall–Kier alpha value is -3.23. The van der Waals surface area contributed by atoms with E-state index in [-0.39, 0.29) is 11.7 Å². The molecule has 2 aromatic rings. The lowest BCUT2D eigenvalue weighted by Gasteiger charge is -2.20. The Labute approximate surface area is 161 Å². The topological polar surface area (TPSA) is 112 Å². The van der Waals surface area contributed by atoms with Crippen LogP contribution in [0.2, 0.25) is 0 Å². The predicted octanol–water partition coefficient (Wildman–Crippen LogP) is 2.43. The van der Waals surface area contributed by atoms with Crippen LogP contribution in [0.4, 0.5) is 10.1 Å². The van der Waals surface area contributed by atoms with Gasteiger partial charge in [-0.15, -0.1) is 0 Å². The Morgan fingerprint density at radius 1 is 1.29 bits per heavy atom. The molecule has 3 N–H and O–H groups in total. The first-order chi connectivity index (χ1) is 13.6. The molecule has 9 heteroatoms. The van der Waals surface area contributed by atoms with Crippen molar-refractivity contribution in [2.45, 2.75) is 25.3 Å². The number of amidine groups is 1. The van der Waals surface area contributed by atoms with E-state index in [1.807, 2.05) is 0 Å². The molecule has 0 radical (unpaired) electrons. The molecule has 1 aromatic heterocycles. The first kappa shape index (κ1) is 18.1. The molecule has 1 amide bonds. The summed E-state index contributed by atoms with van der Waals surface area (Å²) in [6.07, 6.45) is 5.64. The number of halogens is 1. The van der Waals surface area contributed by atoms with E-state index in [0.29, 0.717) is 42.7 Å². The maximum atomic E-state index is 14.2. The molecule has 0 bridgehead atoms. The predicted molar refractivity (Wildman–Crippen MR) is 99.5 cm³/mol. The summed E-state index contributed by atoms with van der Waals surface area (Å²) in [6.45, 7) is 0.985. The normalized spacial score (nSPS) is 18.8. The van der Waals surface area contributed by atoms with Gasteiger partial charge in [-0.3, -0.25) is 4.79 Å². The number of rotatable bonds is 6. The monoisotopic (exact) mass is 385 g/mol. The van der Waals surface area contributed by atoms with Crippen molar-refractivity contribution in [2.75, 3.05) is 18.5 Å². The van der Waals surface area contributed by atoms with Gasteiger partial charge in [-0.05, 0) is 37.0 Å². The average Bonchev–Trinajstić information content (AvgIpc) is 3.53. The molecule has 8 nitrogen and oxygen atoms in total. The van der Waals surface area contributed by atoms with Gasteiger partial charge in [-0.25, -0.2) is 19.4 Å². The van der Waals surface area contributed by atoms with E-state index in [1.165, 1.54) is 37.4 Å². The number of amides is 1. The highest BCUT2D eigenvalue weighted by molar-refractivity contribution is 6.02. The summed E-state index contributed by atoms with van der Waals surface area (Å²) in [6, 6.07) is 3.88. The number of carbonyl (C=O) groups excluding carboxylic acids is 1. The lowest BCUT2D eigenvalue weighted by Crippen LogP contribution is -2.24. The molecule has 1 aromatic carbocycles. The van der Waals surface area contributed by atoms with Crippen molar-refractivity contribution < 1.29 is 18.7 Å². The number of ether oxygens (including phenoxy) is 2. The van der Waals surface area contributed by atoms with Crippen LogP contribution in [0.1, 0.15) is 41.4 Å². The number of nitrogens with two attached hydrogens (primary N) is 1. The summed E-state index contributed by atoms with van der Waals surface area (Å²) in [5.41, 5.74) is 6.48. The number of hydrogen-bond donors (Lipinski definition) is 2. The van der Waals surface area contributed by atoms with Crippen molar-refractivity contribution in [3.63, 3.8) is 0 Å². The fourth-order valence-electron chi connectivity index (χ4n) is 2.82. The molecule has 1 saturated carbocycles. The molecule has 4 rings (SSSR count). The number of carbonyl (C=O) groups is 1. The zero-order valence-electron chi connectivity index (χ0n) is 15.1. The quantitative estimate of drug-likeness (QED) is 0.790. The second-order valence-electron chi connectivity index (χ2n) is 6.80. The summed E-state index contributed by atoms with van der Waals surface area (Å²) < 4.78 is 24.8. The minimum atomic E-state index is -0.451. The van der Waals surface area contributed by atoms with Gasteiger partial charge in [0.1, 0.15) is 11.5 Å². The third-order valence-electron chi connectivity index (χ3n) is 4.56. The van der Waals surface area contributed by atoms with Crippen molar-refractivity contribution >= 4 is 17.6 Å². The minimum absolute atomic E-state index is 0.0318. The molecule has 1 unspecified atom stereocenters. The zero-order valence-corrected chi connectivity index (χ0v) is 15.1. The van der Waals surface area contributed by atoms with Gasteiger partial charge < -0.3 is 20.5 Å². The van der Waals surface area contributed by atoms with Gasteiger partial charge in [-0.2, -0.15) is 0 Å². The molecular weight excluding hydrogens is 365 g/mol. The lowest BCUT2D eigenvalue weighted by atomic mass is 10.0. The highest BCUT2D eigenvalue weighted by Crippen LogP contribution is 2.30. The van der Waals surface area contributed by atoms with Gasteiger partial charge in [0, 0.05) is 17.7 Å². The minimum Gasteiger partial charge on any atom is -0.476 e. The third-order valence-corrected chi connectivity index (χ3v) is 4.56. The molecular formula is C19H20FN5O3. The highest BCUT2D eigenvalue weighted by atomic mass is 19.1. The number of nitrogens with one attached hydrogen (secondary N) is 1. The molecule has 0 saturated heterocycles. The Kier molecular flexibility index (Phi) is 5.05. The number of benzene rings is 1. The SMILES string of the molecule is NC1=NC(c2cc(NC(=O)c3cnc(OCC4CC4)cn3)ccc2F)CCO1. The van der Waals surface area contributed by atoms with Crippen molar-refractivity contribution in [1.82, 2.24) is 9.97 Å². The van der Waals surface area contributed by atoms with Crippen LogP contribution in [0, 0.1) is 11.7 Å². The number of anilines is 1. The first-order valence-corrected chi connectivity index (χ1v) is 9.10. The molecule has 28 heavy (non-hydrogen) atoms. The van der Waals surface area contributed by atoms with Gasteiger partial charge in [0.25, 0.3) is 11.9 Å². The molecule has 1 atom stereocenters. The molecule has 1 aliphatic carbocycles. The maximum Gasteiger partial charge on any atom is 0.282 e. The van der Waals surface area contributed by atoms with Crippen molar-refractivity contribution in [3.8, 4) is 5.88 Å². The number of nitrogens with zero attached hydrogens (tertiary/aromatic N) is 3. The third kappa shape index (κ3) is 4.36. The summed E-state index contributed by atoms with van der Waals surface area (Å²) in [4.78, 5) is 24.7. The first-order valence-electron chi connectivity index (χ1n) is 9.10.